The van der Waals surface area contributed by atoms with Crippen molar-refractivity contribution >= 4 is 10.1 Å². The van der Waals surface area contributed by atoms with E-state index in [-0.39, 0.29) is 22.4 Å². The summed E-state index contributed by atoms with van der Waals surface area (Å²) in [6, 6.07) is 2.50. The van der Waals surface area contributed by atoms with Gasteiger partial charge in [-0.25, -0.2) is 0 Å². The molecule has 0 amide bonds. The molecule has 0 atom stereocenters. The molecule has 0 saturated carbocycles. The largest absolute Gasteiger partial charge is 0.507 e. The zero-order chi connectivity index (χ0) is 12.3. The van der Waals surface area contributed by atoms with Crippen LogP contribution in [0.25, 0.3) is 0 Å². The number of benzene rings is 1. The lowest BCUT2D eigenvalue weighted by molar-refractivity contribution is 0.263. The highest BCUT2D eigenvalue weighted by Crippen LogP contribution is 2.25. The highest BCUT2D eigenvalue weighted by molar-refractivity contribution is 7.85. The maximum Gasteiger partial charge on any atom is 0.269 e. The fourth-order valence-corrected chi connectivity index (χ4v) is 1.96. The number of aromatic hydroxyl groups is 1. The van der Waals surface area contributed by atoms with Crippen molar-refractivity contribution in [3.63, 3.8) is 0 Å². The second-order valence-electron chi connectivity index (χ2n) is 3.31. The SMILES string of the molecule is O=S(=O)(O)Cc1cc(CO)c(O)c(CO)c1. The number of hydrogen-bond donors (Lipinski definition) is 4. The third-order valence-electron chi connectivity index (χ3n) is 2.02. The summed E-state index contributed by atoms with van der Waals surface area (Å²) >= 11 is 0. The van der Waals surface area contributed by atoms with Crippen molar-refractivity contribution in [3.8, 4) is 5.75 Å². The van der Waals surface area contributed by atoms with Gasteiger partial charge >= 0.3 is 0 Å². The standard InChI is InChI=1S/C9H12O6S/c10-3-7-1-6(5-16(13,14)15)2-8(4-11)9(7)12/h1-2,10-12H,3-5H2,(H,13,14,15). The molecule has 0 aliphatic heterocycles. The highest BCUT2D eigenvalue weighted by atomic mass is 32.2. The van der Waals surface area contributed by atoms with E-state index in [0.717, 1.165) is 0 Å². The van der Waals surface area contributed by atoms with Crippen molar-refractivity contribution in [1.82, 2.24) is 0 Å². The van der Waals surface area contributed by atoms with Crippen LogP contribution in [0.4, 0.5) is 0 Å². The summed E-state index contributed by atoms with van der Waals surface area (Å²) < 4.78 is 30.0. The van der Waals surface area contributed by atoms with E-state index in [9.17, 15) is 13.5 Å². The fraction of sp³-hybridized carbons (Fsp3) is 0.333. The van der Waals surface area contributed by atoms with Crippen LogP contribution in [0.3, 0.4) is 0 Å². The van der Waals surface area contributed by atoms with Crippen LogP contribution >= 0.6 is 0 Å². The number of aliphatic hydroxyl groups excluding tert-OH is 2. The van der Waals surface area contributed by atoms with Crippen LogP contribution in [0.2, 0.25) is 0 Å². The van der Waals surface area contributed by atoms with Crippen molar-refractivity contribution in [2.24, 2.45) is 0 Å². The van der Waals surface area contributed by atoms with Gasteiger partial charge in [-0.05, 0) is 17.7 Å². The average Bonchev–Trinajstić information content (AvgIpc) is 2.18. The van der Waals surface area contributed by atoms with E-state index in [4.69, 9.17) is 14.8 Å². The van der Waals surface area contributed by atoms with Crippen molar-refractivity contribution in [2.75, 3.05) is 0 Å². The minimum Gasteiger partial charge on any atom is -0.507 e. The Bertz CT molecular complexity index is 454. The molecule has 90 valence electrons. The van der Waals surface area contributed by atoms with E-state index < -0.39 is 29.1 Å². The van der Waals surface area contributed by atoms with Gasteiger partial charge in [0.2, 0.25) is 0 Å². The Morgan fingerprint density at radius 2 is 1.50 bits per heavy atom. The van der Waals surface area contributed by atoms with Crippen LogP contribution in [0, 0.1) is 0 Å². The first-order valence-corrected chi connectivity index (χ1v) is 5.99. The molecular formula is C9H12O6S. The number of hydrogen-bond acceptors (Lipinski definition) is 5. The predicted molar refractivity (Wildman–Crippen MR) is 55.2 cm³/mol. The number of phenols is 1. The zero-order valence-electron chi connectivity index (χ0n) is 8.29. The van der Waals surface area contributed by atoms with E-state index in [0.29, 0.717) is 0 Å². The van der Waals surface area contributed by atoms with Gasteiger partial charge in [-0.2, -0.15) is 8.42 Å². The monoisotopic (exact) mass is 248 g/mol. The second kappa shape index (κ2) is 4.79. The summed E-state index contributed by atoms with van der Waals surface area (Å²) in [6.45, 7) is -0.976. The zero-order valence-corrected chi connectivity index (χ0v) is 9.11. The molecule has 0 fully saturated rings. The van der Waals surface area contributed by atoms with Gasteiger partial charge in [-0.15, -0.1) is 0 Å². The van der Waals surface area contributed by atoms with Crippen LogP contribution in [0.15, 0.2) is 12.1 Å². The van der Waals surface area contributed by atoms with E-state index in [1.54, 1.807) is 0 Å². The molecule has 0 radical (unpaired) electrons. The van der Waals surface area contributed by atoms with Gasteiger partial charge < -0.3 is 15.3 Å². The van der Waals surface area contributed by atoms with Crippen LogP contribution in [0.1, 0.15) is 16.7 Å². The minimum absolute atomic E-state index is 0.102. The molecule has 16 heavy (non-hydrogen) atoms. The molecule has 4 N–H and O–H groups in total. The lowest BCUT2D eigenvalue weighted by Gasteiger charge is -2.09. The molecule has 0 aliphatic carbocycles. The molecule has 1 rings (SSSR count). The average molecular weight is 248 g/mol. The highest BCUT2D eigenvalue weighted by Gasteiger charge is 2.13. The molecule has 1 aromatic carbocycles. The molecule has 7 heteroatoms. The van der Waals surface area contributed by atoms with Gasteiger partial charge in [0, 0.05) is 11.1 Å². The molecular weight excluding hydrogens is 236 g/mol. The Labute approximate surface area is 92.5 Å². The third kappa shape index (κ3) is 3.17. The maximum absolute atomic E-state index is 10.7. The Morgan fingerprint density at radius 3 is 1.81 bits per heavy atom. The van der Waals surface area contributed by atoms with Crippen molar-refractivity contribution < 1.29 is 28.3 Å². The quantitative estimate of drug-likeness (QED) is 0.547. The van der Waals surface area contributed by atoms with E-state index in [1.165, 1.54) is 12.1 Å². The Kier molecular flexibility index (Phi) is 3.87. The molecule has 0 aromatic heterocycles. The van der Waals surface area contributed by atoms with Crippen molar-refractivity contribution in [1.29, 1.82) is 0 Å². The molecule has 0 heterocycles. The van der Waals surface area contributed by atoms with Gasteiger partial charge in [0.15, 0.2) is 0 Å². The summed E-state index contributed by atoms with van der Waals surface area (Å²) in [4.78, 5) is 0. The number of aliphatic hydroxyl groups is 2. The van der Waals surface area contributed by atoms with Crippen LogP contribution in [0.5, 0.6) is 5.75 Å². The molecule has 0 aliphatic rings. The van der Waals surface area contributed by atoms with Crippen LogP contribution in [-0.4, -0.2) is 28.3 Å². The van der Waals surface area contributed by atoms with Crippen LogP contribution in [-0.2, 0) is 29.1 Å². The molecule has 0 bridgehead atoms. The Morgan fingerprint density at radius 1 is 1.06 bits per heavy atom. The lowest BCUT2D eigenvalue weighted by Crippen LogP contribution is -2.03. The topological polar surface area (TPSA) is 115 Å². The molecule has 0 spiro atoms. The summed E-state index contributed by atoms with van der Waals surface area (Å²) in [5.74, 6) is -0.906. The van der Waals surface area contributed by atoms with Crippen molar-refractivity contribution in [2.45, 2.75) is 19.0 Å². The first-order chi connectivity index (χ1) is 7.37. The first-order valence-electron chi connectivity index (χ1n) is 4.38. The maximum atomic E-state index is 10.7. The summed E-state index contributed by atoms with van der Waals surface area (Å²) in [6.07, 6.45) is 0. The van der Waals surface area contributed by atoms with Gasteiger partial charge in [-0.3, -0.25) is 4.55 Å². The van der Waals surface area contributed by atoms with E-state index >= 15 is 0 Å². The van der Waals surface area contributed by atoms with Crippen molar-refractivity contribution in [3.05, 3.63) is 28.8 Å². The molecule has 6 nitrogen and oxygen atoms in total. The van der Waals surface area contributed by atoms with Gasteiger partial charge in [0.05, 0.1) is 13.2 Å². The normalized spacial score (nSPS) is 11.7. The molecule has 1 aromatic rings. The van der Waals surface area contributed by atoms with Gasteiger partial charge in [0.25, 0.3) is 10.1 Å². The first kappa shape index (κ1) is 12.9. The minimum atomic E-state index is -4.18. The number of rotatable bonds is 4. The molecule has 0 saturated heterocycles. The Hall–Kier alpha value is -1.15. The second-order valence-corrected chi connectivity index (χ2v) is 4.76. The van der Waals surface area contributed by atoms with E-state index in [1.807, 2.05) is 0 Å². The molecule has 0 unspecified atom stereocenters. The Balaban J connectivity index is 3.22. The van der Waals surface area contributed by atoms with Gasteiger partial charge in [-0.1, -0.05) is 0 Å². The smallest absolute Gasteiger partial charge is 0.269 e. The van der Waals surface area contributed by atoms with E-state index in [2.05, 4.69) is 0 Å². The lowest BCUT2D eigenvalue weighted by atomic mass is 10.1. The fourth-order valence-electron chi connectivity index (χ4n) is 1.37. The summed E-state index contributed by atoms with van der Waals surface area (Å²) in [7, 11) is -4.18. The predicted octanol–water partition coefficient (Wildman–Crippen LogP) is -0.235. The van der Waals surface area contributed by atoms with Crippen LogP contribution < -0.4 is 0 Å². The van der Waals surface area contributed by atoms with Gasteiger partial charge in [0.1, 0.15) is 11.5 Å². The summed E-state index contributed by atoms with van der Waals surface area (Å²) in [5, 5.41) is 27.3. The third-order valence-corrected chi connectivity index (χ3v) is 2.72. The summed E-state index contributed by atoms with van der Waals surface area (Å²) in [5.41, 5.74) is 0.392.